The predicted molar refractivity (Wildman–Crippen MR) is 113 cm³/mol. The molecular formula is C22H23ClN4O. The minimum Gasteiger partial charge on any atom is -0.354 e. The van der Waals surface area contributed by atoms with Gasteiger partial charge in [0.15, 0.2) is 0 Å². The molecule has 2 N–H and O–H groups in total. The minimum atomic E-state index is -0.222. The molecule has 0 fully saturated rings. The van der Waals surface area contributed by atoms with Gasteiger partial charge >= 0.3 is 0 Å². The predicted octanol–water partition coefficient (Wildman–Crippen LogP) is 4.58. The number of halogens is 1. The van der Waals surface area contributed by atoms with Gasteiger partial charge < -0.3 is 10.6 Å². The van der Waals surface area contributed by atoms with Crippen molar-refractivity contribution in [2.75, 3.05) is 11.9 Å². The number of hydrogen-bond donors (Lipinski definition) is 2. The summed E-state index contributed by atoms with van der Waals surface area (Å²) in [6.45, 7) is 4.44. The van der Waals surface area contributed by atoms with E-state index in [0.29, 0.717) is 18.2 Å². The number of anilines is 1. The van der Waals surface area contributed by atoms with Gasteiger partial charge in [-0.25, -0.2) is 9.97 Å². The van der Waals surface area contributed by atoms with Crippen LogP contribution in [0.5, 0.6) is 0 Å². The summed E-state index contributed by atoms with van der Waals surface area (Å²) in [5.74, 6) is 0.222. The second-order valence-corrected chi connectivity index (χ2v) is 7.07. The fourth-order valence-corrected chi connectivity index (χ4v) is 3.08. The Labute approximate surface area is 170 Å². The Bertz CT molecular complexity index is 946. The van der Waals surface area contributed by atoms with Crippen molar-refractivity contribution in [3.05, 3.63) is 88.2 Å². The Morgan fingerprint density at radius 3 is 2.61 bits per heavy atom. The van der Waals surface area contributed by atoms with Gasteiger partial charge in [-0.05, 0) is 49.6 Å². The molecule has 3 aromatic rings. The molecule has 0 aliphatic carbocycles. The molecule has 5 nitrogen and oxygen atoms in total. The van der Waals surface area contributed by atoms with Crippen LogP contribution in [0.25, 0.3) is 0 Å². The van der Waals surface area contributed by atoms with Crippen molar-refractivity contribution in [1.29, 1.82) is 0 Å². The van der Waals surface area contributed by atoms with Crippen LogP contribution in [-0.4, -0.2) is 22.4 Å². The normalized spacial score (nSPS) is 11.7. The molecule has 144 valence electrons. The van der Waals surface area contributed by atoms with Crippen LogP contribution in [0.2, 0.25) is 5.02 Å². The average molecular weight is 395 g/mol. The maximum atomic E-state index is 12.6. The first-order valence-corrected chi connectivity index (χ1v) is 9.59. The third kappa shape index (κ3) is 5.54. The number of carbonyl (C=O) groups is 1. The molecule has 0 aliphatic heterocycles. The number of aromatic nitrogens is 2. The van der Waals surface area contributed by atoms with Crippen LogP contribution in [-0.2, 0) is 6.42 Å². The molecule has 0 saturated heterocycles. The first-order chi connectivity index (χ1) is 13.5. The molecule has 28 heavy (non-hydrogen) atoms. The number of amides is 1. The third-order valence-electron chi connectivity index (χ3n) is 4.32. The summed E-state index contributed by atoms with van der Waals surface area (Å²) >= 11 is 6.01. The summed E-state index contributed by atoms with van der Waals surface area (Å²) in [5, 5.41) is 6.89. The van der Waals surface area contributed by atoms with Crippen LogP contribution in [0.15, 0.2) is 60.7 Å². The smallest absolute Gasteiger partial charge is 0.270 e. The molecular weight excluding hydrogens is 372 g/mol. The quantitative estimate of drug-likeness (QED) is 0.615. The number of nitrogens with one attached hydrogen (secondary N) is 2. The second kappa shape index (κ2) is 9.33. The van der Waals surface area contributed by atoms with Gasteiger partial charge in [-0.2, -0.15) is 0 Å². The van der Waals surface area contributed by atoms with E-state index in [0.717, 1.165) is 28.3 Å². The zero-order valence-corrected chi connectivity index (χ0v) is 16.7. The van der Waals surface area contributed by atoms with E-state index >= 15 is 0 Å². The van der Waals surface area contributed by atoms with Crippen LogP contribution in [0, 0.1) is 6.92 Å². The average Bonchev–Trinajstić information content (AvgIpc) is 2.68. The Hall–Kier alpha value is -2.92. The molecule has 1 atom stereocenters. The van der Waals surface area contributed by atoms with Crippen molar-refractivity contribution in [3.8, 4) is 0 Å². The largest absolute Gasteiger partial charge is 0.354 e. The van der Waals surface area contributed by atoms with Gasteiger partial charge in [-0.1, -0.05) is 54.1 Å². The first kappa shape index (κ1) is 19.8. The maximum Gasteiger partial charge on any atom is 0.270 e. The third-order valence-corrected chi connectivity index (χ3v) is 4.55. The summed E-state index contributed by atoms with van der Waals surface area (Å²) in [4.78, 5) is 21.4. The van der Waals surface area contributed by atoms with Crippen molar-refractivity contribution in [1.82, 2.24) is 15.3 Å². The molecule has 0 saturated carbocycles. The Morgan fingerprint density at radius 2 is 1.86 bits per heavy atom. The highest BCUT2D eigenvalue weighted by Gasteiger charge is 2.14. The Balaban J connectivity index is 1.62. The van der Waals surface area contributed by atoms with Crippen molar-refractivity contribution in [2.45, 2.75) is 26.3 Å². The zero-order valence-electron chi connectivity index (χ0n) is 15.9. The van der Waals surface area contributed by atoms with Crippen LogP contribution in [0.1, 0.15) is 40.3 Å². The number of nitrogens with zero attached hydrogens (tertiary/aromatic N) is 2. The van der Waals surface area contributed by atoms with Crippen LogP contribution >= 0.6 is 11.6 Å². The molecule has 0 bridgehead atoms. The molecule has 0 spiro atoms. The van der Waals surface area contributed by atoms with E-state index in [1.165, 1.54) is 0 Å². The number of carbonyl (C=O) groups excluding carboxylic acids is 1. The molecule has 1 aromatic heterocycles. The van der Waals surface area contributed by atoms with Crippen molar-refractivity contribution in [2.24, 2.45) is 0 Å². The number of rotatable bonds is 7. The van der Waals surface area contributed by atoms with Gasteiger partial charge in [0.1, 0.15) is 5.69 Å². The van der Waals surface area contributed by atoms with Crippen molar-refractivity contribution >= 4 is 23.5 Å². The molecule has 0 aliphatic rings. The van der Waals surface area contributed by atoms with Crippen molar-refractivity contribution < 1.29 is 4.79 Å². The first-order valence-electron chi connectivity index (χ1n) is 9.21. The van der Waals surface area contributed by atoms with E-state index in [-0.39, 0.29) is 11.9 Å². The summed E-state index contributed by atoms with van der Waals surface area (Å²) in [6, 6.07) is 19.1. The standard InChI is InChI=1S/C22H23ClN4O/c1-15-13-20(21(28)26-16(2)18-8-4-3-5-9-18)27-22(25-15)24-12-11-17-7-6-10-19(23)14-17/h3-10,13-14,16H,11-12H2,1-2H3,(H,26,28)(H,24,25,27). The highest BCUT2D eigenvalue weighted by atomic mass is 35.5. The fraction of sp³-hybridized carbons (Fsp3) is 0.227. The van der Waals surface area contributed by atoms with E-state index in [2.05, 4.69) is 20.6 Å². The molecule has 0 radical (unpaired) electrons. The highest BCUT2D eigenvalue weighted by molar-refractivity contribution is 6.30. The molecule has 1 heterocycles. The van der Waals surface area contributed by atoms with Crippen molar-refractivity contribution in [3.63, 3.8) is 0 Å². The summed E-state index contributed by atoms with van der Waals surface area (Å²) < 4.78 is 0. The Morgan fingerprint density at radius 1 is 1.07 bits per heavy atom. The molecule has 1 amide bonds. The van der Waals surface area contributed by atoms with Crippen LogP contribution in [0.4, 0.5) is 5.95 Å². The molecule has 1 unspecified atom stereocenters. The fourth-order valence-electron chi connectivity index (χ4n) is 2.87. The van der Waals surface area contributed by atoms with Gasteiger partial charge in [0.05, 0.1) is 6.04 Å². The summed E-state index contributed by atoms with van der Waals surface area (Å²) in [6.07, 6.45) is 0.782. The van der Waals surface area contributed by atoms with Gasteiger partial charge in [-0.3, -0.25) is 4.79 Å². The SMILES string of the molecule is Cc1cc(C(=O)NC(C)c2ccccc2)nc(NCCc2cccc(Cl)c2)n1. The summed E-state index contributed by atoms with van der Waals surface area (Å²) in [7, 11) is 0. The molecule has 3 rings (SSSR count). The number of benzene rings is 2. The minimum absolute atomic E-state index is 0.108. The zero-order chi connectivity index (χ0) is 19.9. The lowest BCUT2D eigenvalue weighted by Crippen LogP contribution is -2.28. The maximum absolute atomic E-state index is 12.6. The van der Waals surface area contributed by atoms with Gasteiger partial charge in [0.2, 0.25) is 5.95 Å². The highest BCUT2D eigenvalue weighted by Crippen LogP contribution is 2.14. The second-order valence-electron chi connectivity index (χ2n) is 6.63. The summed E-state index contributed by atoms with van der Waals surface area (Å²) in [5.41, 5.74) is 3.25. The molecule has 6 heteroatoms. The monoisotopic (exact) mass is 394 g/mol. The van der Waals surface area contributed by atoms with Gasteiger partial charge in [0.25, 0.3) is 5.91 Å². The van der Waals surface area contributed by atoms with E-state index < -0.39 is 0 Å². The topological polar surface area (TPSA) is 66.9 Å². The Kier molecular flexibility index (Phi) is 6.61. The van der Waals surface area contributed by atoms with E-state index in [1.54, 1.807) is 6.07 Å². The van der Waals surface area contributed by atoms with Crippen LogP contribution in [0.3, 0.4) is 0 Å². The molecule has 2 aromatic carbocycles. The van der Waals surface area contributed by atoms with E-state index in [1.807, 2.05) is 68.4 Å². The number of hydrogen-bond acceptors (Lipinski definition) is 4. The van der Waals surface area contributed by atoms with E-state index in [4.69, 9.17) is 11.6 Å². The van der Waals surface area contributed by atoms with Gasteiger partial charge in [0, 0.05) is 17.3 Å². The van der Waals surface area contributed by atoms with E-state index in [9.17, 15) is 4.79 Å². The lowest BCUT2D eigenvalue weighted by atomic mass is 10.1. The number of aryl methyl sites for hydroxylation is 1. The van der Waals surface area contributed by atoms with Crippen LogP contribution < -0.4 is 10.6 Å². The lowest BCUT2D eigenvalue weighted by Gasteiger charge is -2.14. The van der Waals surface area contributed by atoms with Gasteiger partial charge in [-0.15, -0.1) is 0 Å². The lowest BCUT2D eigenvalue weighted by molar-refractivity contribution is 0.0934.